The van der Waals surface area contributed by atoms with Gasteiger partial charge in [0.25, 0.3) is 5.91 Å². The van der Waals surface area contributed by atoms with E-state index in [-0.39, 0.29) is 5.91 Å². The van der Waals surface area contributed by atoms with E-state index in [1.807, 2.05) is 55.5 Å². The van der Waals surface area contributed by atoms with Crippen LogP contribution in [0.4, 0.5) is 5.82 Å². The first kappa shape index (κ1) is 20.4. The number of carbonyl (C=O) groups excluding carboxylic acids is 1. The van der Waals surface area contributed by atoms with Gasteiger partial charge in [0, 0.05) is 6.07 Å². The number of amides is 1. The highest BCUT2D eigenvalue weighted by Crippen LogP contribution is 2.24. The molecule has 1 N–H and O–H groups in total. The van der Waals surface area contributed by atoms with Crippen molar-refractivity contribution in [2.45, 2.75) is 20.0 Å². The number of ether oxygens (including phenoxy) is 1. The number of carbonyl (C=O) groups is 1. The number of benzene rings is 2. The molecular formula is C24H21N7O2. The van der Waals surface area contributed by atoms with Crippen molar-refractivity contribution in [1.82, 2.24) is 29.5 Å². The number of aryl methyl sites for hydroxylation is 1. The molecule has 0 fully saturated rings. The lowest BCUT2D eigenvalue weighted by atomic mass is 10.3. The summed E-state index contributed by atoms with van der Waals surface area (Å²) >= 11 is 0. The molecule has 0 aliphatic rings. The van der Waals surface area contributed by atoms with Crippen molar-refractivity contribution in [3.63, 3.8) is 0 Å². The highest BCUT2D eigenvalue weighted by atomic mass is 16.5. The zero-order chi connectivity index (χ0) is 22.8. The van der Waals surface area contributed by atoms with Crippen LogP contribution >= 0.6 is 0 Å². The summed E-state index contributed by atoms with van der Waals surface area (Å²) in [5.41, 5.74) is 2.25. The fraction of sp³-hybridized carbons (Fsp3) is 0.125. The Balaban J connectivity index is 1.47. The van der Waals surface area contributed by atoms with Crippen LogP contribution in [-0.2, 0) is 4.79 Å². The fourth-order valence-electron chi connectivity index (χ4n) is 3.49. The molecule has 0 bridgehead atoms. The Kier molecular flexibility index (Phi) is 5.27. The molecule has 2 aromatic carbocycles. The van der Waals surface area contributed by atoms with Gasteiger partial charge >= 0.3 is 0 Å². The van der Waals surface area contributed by atoms with Gasteiger partial charge in [-0.15, -0.1) is 0 Å². The van der Waals surface area contributed by atoms with Gasteiger partial charge in [-0.1, -0.05) is 36.4 Å². The van der Waals surface area contributed by atoms with E-state index >= 15 is 0 Å². The summed E-state index contributed by atoms with van der Waals surface area (Å²) in [6.45, 7) is 3.55. The standard InChI is InChI=1S/C24H21N7O2/c1-16-13-21(28-24(32)17(2)33-19-11-7-4-8-12-19)31(29-16)23-20-14-27-30(22(20)25-15-26-23)18-9-5-3-6-10-18/h3-15,17H,1-2H3,(H,28,32)/t17-/m1/s1. The Morgan fingerprint density at radius 2 is 1.73 bits per heavy atom. The fourth-order valence-corrected chi connectivity index (χ4v) is 3.49. The molecule has 5 rings (SSSR count). The molecule has 9 nitrogen and oxygen atoms in total. The van der Waals surface area contributed by atoms with Gasteiger partial charge in [-0.2, -0.15) is 14.9 Å². The molecule has 5 aromatic rings. The van der Waals surface area contributed by atoms with Gasteiger partial charge in [0.2, 0.25) is 0 Å². The molecule has 0 spiro atoms. The molecule has 3 aromatic heterocycles. The number of hydrogen-bond acceptors (Lipinski definition) is 6. The summed E-state index contributed by atoms with van der Waals surface area (Å²) < 4.78 is 9.07. The number of para-hydroxylation sites is 2. The Bertz CT molecular complexity index is 1410. The van der Waals surface area contributed by atoms with E-state index in [1.165, 1.54) is 6.33 Å². The van der Waals surface area contributed by atoms with Crippen LogP contribution in [0.25, 0.3) is 22.5 Å². The van der Waals surface area contributed by atoms with Crippen LogP contribution < -0.4 is 10.1 Å². The Morgan fingerprint density at radius 1 is 1.00 bits per heavy atom. The van der Waals surface area contributed by atoms with Gasteiger partial charge in [0.15, 0.2) is 17.6 Å². The Hall–Kier alpha value is -4.53. The van der Waals surface area contributed by atoms with Crippen molar-refractivity contribution >= 4 is 22.8 Å². The lowest BCUT2D eigenvalue weighted by molar-refractivity contribution is -0.122. The Labute approximate surface area is 189 Å². The highest BCUT2D eigenvalue weighted by Gasteiger charge is 2.20. The topological polar surface area (TPSA) is 99.7 Å². The van der Waals surface area contributed by atoms with Crippen LogP contribution in [0, 0.1) is 6.92 Å². The van der Waals surface area contributed by atoms with Gasteiger partial charge in [-0.05, 0) is 38.1 Å². The number of nitrogens with zero attached hydrogens (tertiary/aromatic N) is 6. The molecule has 0 unspecified atom stereocenters. The first-order valence-electron chi connectivity index (χ1n) is 10.4. The van der Waals surface area contributed by atoms with Crippen molar-refractivity contribution in [1.29, 1.82) is 0 Å². The molecule has 0 radical (unpaired) electrons. The van der Waals surface area contributed by atoms with Gasteiger partial charge in [-0.25, -0.2) is 14.6 Å². The molecule has 1 atom stereocenters. The van der Waals surface area contributed by atoms with Crippen LogP contribution in [-0.4, -0.2) is 41.5 Å². The maximum atomic E-state index is 12.8. The molecule has 0 saturated heterocycles. The van der Waals surface area contributed by atoms with E-state index in [1.54, 1.807) is 40.7 Å². The number of hydrogen-bond donors (Lipinski definition) is 1. The predicted octanol–water partition coefficient (Wildman–Crippen LogP) is 3.72. The normalized spacial score (nSPS) is 11.9. The van der Waals surface area contributed by atoms with Gasteiger partial charge < -0.3 is 10.1 Å². The summed E-state index contributed by atoms with van der Waals surface area (Å²) in [4.78, 5) is 21.7. The number of anilines is 1. The number of aromatic nitrogens is 6. The van der Waals surface area contributed by atoms with Crippen molar-refractivity contribution in [2.24, 2.45) is 0 Å². The van der Waals surface area contributed by atoms with Crippen molar-refractivity contribution in [2.75, 3.05) is 5.32 Å². The average Bonchev–Trinajstić information content (AvgIpc) is 3.43. The summed E-state index contributed by atoms with van der Waals surface area (Å²) in [7, 11) is 0. The van der Waals surface area contributed by atoms with Crippen LogP contribution in [0.3, 0.4) is 0 Å². The van der Waals surface area contributed by atoms with E-state index in [0.717, 1.165) is 11.4 Å². The molecule has 9 heteroatoms. The third-order valence-electron chi connectivity index (χ3n) is 5.05. The maximum absolute atomic E-state index is 12.8. The van der Waals surface area contributed by atoms with Crippen LogP contribution in [0.15, 0.2) is 79.3 Å². The SMILES string of the molecule is Cc1cc(NC(=O)[C@@H](C)Oc2ccccc2)n(-c2ncnc3c2cnn3-c2ccccc2)n1. The maximum Gasteiger partial charge on any atom is 0.266 e. The second kappa shape index (κ2) is 8.54. The molecular weight excluding hydrogens is 418 g/mol. The van der Waals surface area contributed by atoms with Gasteiger partial charge in [0.05, 0.1) is 23.0 Å². The van der Waals surface area contributed by atoms with E-state index < -0.39 is 6.10 Å². The van der Waals surface area contributed by atoms with E-state index in [4.69, 9.17) is 4.74 Å². The van der Waals surface area contributed by atoms with Gasteiger partial charge in [0.1, 0.15) is 17.9 Å². The van der Waals surface area contributed by atoms with Crippen LogP contribution in [0.2, 0.25) is 0 Å². The second-order valence-electron chi connectivity index (χ2n) is 7.47. The van der Waals surface area contributed by atoms with Crippen molar-refractivity contribution in [3.8, 4) is 17.3 Å². The summed E-state index contributed by atoms with van der Waals surface area (Å²) in [6, 6.07) is 20.7. The molecule has 164 valence electrons. The van der Waals surface area contributed by atoms with E-state index in [0.29, 0.717) is 28.4 Å². The largest absolute Gasteiger partial charge is 0.481 e. The minimum Gasteiger partial charge on any atom is -0.481 e. The first-order valence-corrected chi connectivity index (χ1v) is 10.4. The first-order chi connectivity index (χ1) is 16.1. The third-order valence-corrected chi connectivity index (χ3v) is 5.05. The summed E-state index contributed by atoms with van der Waals surface area (Å²) in [5, 5.41) is 12.6. The molecule has 0 aliphatic carbocycles. The third kappa shape index (κ3) is 4.03. The summed E-state index contributed by atoms with van der Waals surface area (Å²) in [6.07, 6.45) is 2.45. The molecule has 1 amide bonds. The summed E-state index contributed by atoms with van der Waals surface area (Å²) in [5.74, 6) is 1.32. The molecule has 33 heavy (non-hydrogen) atoms. The smallest absolute Gasteiger partial charge is 0.266 e. The van der Waals surface area contributed by atoms with E-state index in [2.05, 4.69) is 25.5 Å². The molecule has 3 heterocycles. The Morgan fingerprint density at radius 3 is 2.48 bits per heavy atom. The van der Waals surface area contributed by atoms with Gasteiger partial charge in [-0.3, -0.25) is 4.79 Å². The average molecular weight is 439 g/mol. The van der Waals surface area contributed by atoms with E-state index in [9.17, 15) is 4.79 Å². The zero-order valence-electron chi connectivity index (χ0n) is 18.1. The number of nitrogens with one attached hydrogen (secondary N) is 1. The highest BCUT2D eigenvalue weighted by molar-refractivity contribution is 5.94. The molecule has 0 saturated carbocycles. The zero-order valence-corrected chi connectivity index (χ0v) is 18.1. The van der Waals surface area contributed by atoms with Crippen LogP contribution in [0.1, 0.15) is 12.6 Å². The van der Waals surface area contributed by atoms with Crippen LogP contribution in [0.5, 0.6) is 5.75 Å². The second-order valence-corrected chi connectivity index (χ2v) is 7.47. The number of fused-ring (bicyclic) bond motifs is 1. The molecule has 0 aliphatic heterocycles. The monoisotopic (exact) mass is 439 g/mol. The number of rotatable bonds is 6. The predicted molar refractivity (Wildman–Crippen MR) is 124 cm³/mol. The minimum atomic E-state index is -0.706. The lowest BCUT2D eigenvalue weighted by Gasteiger charge is -2.15. The quantitative estimate of drug-likeness (QED) is 0.433. The lowest BCUT2D eigenvalue weighted by Crippen LogP contribution is -2.31. The van der Waals surface area contributed by atoms with Crippen molar-refractivity contribution in [3.05, 3.63) is 84.9 Å². The minimum absolute atomic E-state index is 0.301. The van der Waals surface area contributed by atoms with Crippen molar-refractivity contribution < 1.29 is 9.53 Å².